The molecule has 0 heterocycles. The van der Waals surface area contributed by atoms with Crippen molar-refractivity contribution in [2.45, 2.75) is 46.6 Å². The molecule has 0 saturated heterocycles. The van der Waals surface area contributed by atoms with Crippen LogP contribution in [0.1, 0.15) is 42.5 Å². The lowest BCUT2D eigenvalue weighted by Crippen LogP contribution is -2.41. The quantitative estimate of drug-likeness (QED) is 0.888. The second-order valence-corrected chi connectivity index (χ2v) is 5.19. The highest BCUT2D eigenvalue weighted by Gasteiger charge is 2.25. The Balaban J connectivity index is 3.10. The minimum atomic E-state index is -0.462. The molecular weight excluding hydrogens is 224 g/mol. The summed E-state index contributed by atoms with van der Waals surface area (Å²) in [6.45, 7) is 10.1. The number of aryl methyl sites for hydroxylation is 1. The van der Waals surface area contributed by atoms with Crippen molar-refractivity contribution in [3.63, 3.8) is 0 Å². The van der Waals surface area contributed by atoms with Crippen LogP contribution in [-0.2, 0) is 10.3 Å². The van der Waals surface area contributed by atoms with Gasteiger partial charge in [0.05, 0.1) is 11.6 Å². The Morgan fingerprint density at radius 2 is 1.89 bits per heavy atom. The molecule has 3 nitrogen and oxygen atoms in total. The predicted molar refractivity (Wildman–Crippen MR) is 72.1 cm³/mol. The van der Waals surface area contributed by atoms with Crippen LogP contribution in [0.25, 0.3) is 0 Å². The van der Waals surface area contributed by atoms with Gasteiger partial charge in [0.2, 0.25) is 5.91 Å². The first-order valence-electron chi connectivity index (χ1n) is 6.05. The fraction of sp³-hybridized carbons (Fsp3) is 0.467. The van der Waals surface area contributed by atoms with Gasteiger partial charge in [-0.25, -0.2) is 0 Å². The van der Waals surface area contributed by atoms with Gasteiger partial charge in [0.15, 0.2) is 0 Å². The molecule has 1 rings (SSSR count). The molecule has 1 amide bonds. The van der Waals surface area contributed by atoms with Crippen LogP contribution in [0.15, 0.2) is 12.1 Å². The van der Waals surface area contributed by atoms with Crippen molar-refractivity contribution < 1.29 is 4.79 Å². The van der Waals surface area contributed by atoms with Gasteiger partial charge >= 0.3 is 0 Å². The summed E-state index contributed by atoms with van der Waals surface area (Å²) >= 11 is 0. The molecule has 3 heteroatoms. The predicted octanol–water partition coefficient (Wildman–Crippen LogP) is 2.88. The monoisotopic (exact) mass is 244 g/mol. The van der Waals surface area contributed by atoms with E-state index in [2.05, 4.69) is 32.2 Å². The van der Waals surface area contributed by atoms with Crippen LogP contribution in [0.4, 0.5) is 0 Å². The van der Waals surface area contributed by atoms with Crippen molar-refractivity contribution in [3.8, 4) is 6.07 Å². The van der Waals surface area contributed by atoms with E-state index in [1.54, 1.807) is 0 Å². The maximum absolute atomic E-state index is 11.6. The third kappa shape index (κ3) is 2.89. The minimum absolute atomic E-state index is 0.104. The molecule has 96 valence electrons. The van der Waals surface area contributed by atoms with Crippen LogP contribution < -0.4 is 5.32 Å². The van der Waals surface area contributed by atoms with E-state index in [4.69, 9.17) is 5.26 Å². The molecule has 18 heavy (non-hydrogen) atoms. The van der Waals surface area contributed by atoms with Crippen LogP contribution in [0, 0.1) is 32.1 Å². The number of nitriles is 1. The summed E-state index contributed by atoms with van der Waals surface area (Å²) < 4.78 is 0. The van der Waals surface area contributed by atoms with E-state index in [9.17, 15) is 4.79 Å². The Kier molecular flexibility index (Phi) is 4.13. The summed E-state index contributed by atoms with van der Waals surface area (Å²) in [6, 6.07) is 5.98. The molecule has 0 spiro atoms. The van der Waals surface area contributed by atoms with Gasteiger partial charge in [0.25, 0.3) is 0 Å². The van der Waals surface area contributed by atoms with Gasteiger partial charge in [-0.3, -0.25) is 4.79 Å². The van der Waals surface area contributed by atoms with Gasteiger partial charge < -0.3 is 5.32 Å². The lowest BCUT2D eigenvalue weighted by atomic mass is 9.86. The second kappa shape index (κ2) is 5.22. The van der Waals surface area contributed by atoms with E-state index >= 15 is 0 Å². The second-order valence-electron chi connectivity index (χ2n) is 5.19. The third-order valence-electron chi connectivity index (χ3n) is 3.42. The molecule has 0 bridgehead atoms. The number of carbonyl (C=O) groups excluding carboxylic acids is 1. The highest BCUT2D eigenvalue weighted by atomic mass is 16.1. The first-order chi connectivity index (χ1) is 8.29. The third-order valence-corrected chi connectivity index (χ3v) is 3.42. The van der Waals surface area contributed by atoms with Crippen molar-refractivity contribution in [1.29, 1.82) is 5.26 Å². The fourth-order valence-electron chi connectivity index (χ4n) is 2.17. The molecule has 0 unspecified atom stereocenters. The Bertz CT molecular complexity index is 510. The first-order valence-corrected chi connectivity index (χ1v) is 6.05. The molecule has 1 aromatic carbocycles. The summed E-state index contributed by atoms with van der Waals surface area (Å²) in [5, 5.41) is 11.4. The highest BCUT2D eigenvalue weighted by Crippen LogP contribution is 2.27. The Labute approximate surface area is 109 Å². The number of rotatable bonds is 3. The van der Waals surface area contributed by atoms with E-state index in [-0.39, 0.29) is 12.3 Å². The van der Waals surface area contributed by atoms with Gasteiger partial charge in [-0.05, 0) is 56.9 Å². The first kappa shape index (κ1) is 14.2. The zero-order valence-corrected chi connectivity index (χ0v) is 11.7. The van der Waals surface area contributed by atoms with Crippen LogP contribution in [0.2, 0.25) is 0 Å². The summed E-state index contributed by atoms with van der Waals surface area (Å²) in [5.41, 5.74) is 4.32. The molecule has 0 radical (unpaired) electrons. The topological polar surface area (TPSA) is 52.9 Å². The van der Waals surface area contributed by atoms with E-state index in [1.807, 2.05) is 26.0 Å². The number of hydrogen-bond donors (Lipinski definition) is 1. The van der Waals surface area contributed by atoms with Gasteiger partial charge in [-0.1, -0.05) is 12.1 Å². The average molecular weight is 244 g/mol. The normalized spacial score (nSPS) is 10.9. The van der Waals surface area contributed by atoms with Gasteiger partial charge in [0.1, 0.15) is 6.42 Å². The zero-order chi connectivity index (χ0) is 13.9. The van der Waals surface area contributed by atoms with Gasteiger partial charge in [-0.15, -0.1) is 0 Å². The molecule has 0 aliphatic heterocycles. The average Bonchev–Trinajstić information content (AvgIpc) is 2.25. The Morgan fingerprint density at radius 3 is 2.44 bits per heavy atom. The van der Waals surface area contributed by atoms with Crippen molar-refractivity contribution in [3.05, 3.63) is 34.4 Å². The fourth-order valence-corrected chi connectivity index (χ4v) is 2.17. The Hall–Kier alpha value is -1.82. The van der Waals surface area contributed by atoms with Gasteiger partial charge in [-0.2, -0.15) is 5.26 Å². The molecule has 1 aromatic rings. The number of benzene rings is 1. The van der Waals surface area contributed by atoms with Crippen molar-refractivity contribution in [2.24, 2.45) is 0 Å². The van der Waals surface area contributed by atoms with Crippen LogP contribution in [0.3, 0.4) is 0 Å². The molecule has 0 aliphatic rings. The maximum Gasteiger partial charge on any atom is 0.234 e. The lowest BCUT2D eigenvalue weighted by Gasteiger charge is -2.29. The standard InChI is InChI=1S/C15H20N2O/c1-10-6-7-13(12(3)11(10)2)15(4,5)17-14(18)8-9-16/h6-7H,8H2,1-5H3,(H,17,18). The molecule has 0 aromatic heterocycles. The maximum atomic E-state index is 11.6. The summed E-state index contributed by atoms with van der Waals surface area (Å²) in [7, 11) is 0. The zero-order valence-electron chi connectivity index (χ0n) is 11.7. The van der Waals surface area contributed by atoms with Crippen LogP contribution in [-0.4, -0.2) is 5.91 Å². The Morgan fingerprint density at radius 1 is 1.28 bits per heavy atom. The summed E-state index contributed by atoms with van der Waals surface area (Å²) in [6.07, 6.45) is -0.104. The molecule has 0 fully saturated rings. The van der Waals surface area contributed by atoms with Crippen molar-refractivity contribution in [1.82, 2.24) is 5.32 Å². The number of carbonyl (C=O) groups is 1. The highest BCUT2D eigenvalue weighted by molar-refractivity contribution is 5.79. The van der Waals surface area contributed by atoms with Gasteiger partial charge in [0, 0.05) is 0 Å². The molecule has 1 N–H and O–H groups in total. The number of hydrogen-bond acceptors (Lipinski definition) is 2. The van der Waals surface area contributed by atoms with E-state index < -0.39 is 5.54 Å². The molecular formula is C15H20N2O. The lowest BCUT2D eigenvalue weighted by molar-refractivity contribution is -0.121. The molecule has 0 atom stereocenters. The summed E-state index contributed by atoms with van der Waals surface area (Å²) in [5.74, 6) is -0.236. The minimum Gasteiger partial charge on any atom is -0.346 e. The number of nitrogens with one attached hydrogen (secondary N) is 1. The van der Waals surface area contributed by atoms with Crippen molar-refractivity contribution in [2.75, 3.05) is 0 Å². The smallest absolute Gasteiger partial charge is 0.234 e. The molecule has 0 aliphatic carbocycles. The SMILES string of the molecule is Cc1ccc(C(C)(C)NC(=O)CC#N)c(C)c1C. The van der Waals surface area contributed by atoms with Crippen molar-refractivity contribution >= 4 is 5.91 Å². The van der Waals surface area contributed by atoms with Crippen LogP contribution in [0.5, 0.6) is 0 Å². The van der Waals surface area contributed by atoms with E-state index in [0.717, 1.165) is 5.56 Å². The number of amides is 1. The van der Waals surface area contributed by atoms with E-state index in [0.29, 0.717) is 0 Å². The van der Waals surface area contributed by atoms with E-state index in [1.165, 1.54) is 16.7 Å². The largest absolute Gasteiger partial charge is 0.346 e. The van der Waals surface area contributed by atoms with Crippen LogP contribution >= 0.6 is 0 Å². The summed E-state index contributed by atoms with van der Waals surface area (Å²) in [4.78, 5) is 11.6. The number of nitrogens with zero attached hydrogens (tertiary/aromatic N) is 1. The molecule has 0 saturated carbocycles.